The van der Waals surface area contributed by atoms with Gasteiger partial charge in [0.05, 0.1) is 6.61 Å². The van der Waals surface area contributed by atoms with Crippen LogP contribution in [0.25, 0.3) is 5.90 Å². The fourth-order valence-electron chi connectivity index (χ4n) is 0.125. The fourth-order valence-corrected chi connectivity index (χ4v) is 0.125. The van der Waals surface area contributed by atoms with Crippen molar-refractivity contribution in [3.05, 3.63) is 5.90 Å². The van der Waals surface area contributed by atoms with Crippen molar-refractivity contribution in [1.29, 1.82) is 0 Å². The van der Waals surface area contributed by atoms with Gasteiger partial charge in [-0.1, -0.05) is 0 Å². The van der Waals surface area contributed by atoms with E-state index in [-0.39, 0.29) is 31.1 Å². The van der Waals surface area contributed by atoms with Gasteiger partial charge in [0.25, 0.3) is 0 Å². The number of hydrogen-bond acceptors (Lipinski definition) is 2. The number of nitrogens with one attached hydrogen (secondary N) is 1. The second kappa shape index (κ2) is 10.0. The van der Waals surface area contributed by atoms with E-state index in [1.807, 2.05) is 0 Å². The molecule has 0 fully saturated rings. The van der Waals surface area contributed by atoms with Crippen LogP contribution in [0.5, 0.6) is 0 Å². The van der Waals surface area contributed by atoms with Gasteiger partial charge in [0.15, 0.2) is 0 Å². The van der Waals surface area contributed by atoms with Gasteiger partial charge in [-0.3, -0.25) is 0 Å². The van der Waals surface area contributed by atoms with E-state index in [1.165, 1.54) is 0 Å². The zero-order valence-corrected chi connectivity index (χ0v) is 8.39. The van der Waals surface area contributed by atoms with Crippen molar-refractivity contribution in [3.8, 4) is 0 Å². The molecular formula is C3H8NO2U-. The molecule has 4 heteroatoms. The smallest absolute Gasteiger partial charge is 0.0678 e. The Morgan fingerprint density at radius 2 is 2.00 bits per heavy atom. The van der Waals surface area contributed by atoms with E-state index in [4.69, 9.17) is 5.90 Å². The average Bonchev–Trinajstić information content (AvgIpc) is 1.61. The molecule has 0 heterocycles. The summed E-state index contributed by atoms with van der Waals surface area (Å²) >= 11 is 0. The van der Waals surface area contributed by atoms with Crippen LogP contribution in [0.2, 0.25) is 0 Å². The molecule has 3 nitrogen and oxygen atoms in total. The van der Waals surface area contributed by atoms with Gasteiger partial charge in [-0.05, 0) is 0 Å². The molecule has 0 aliphatic carbocycles. The van der Waals surface area contributed by atoms with E-state index in [0.717, 1.165) is 0 Å². The molecule has 0 rings (SSSR count). The molecule has 0 unspecified atom stereocenters. The molecule has 0 aliphatic rings. The summed E-state index contributed by atoms with van der Waals surface area (Å²) in [5.74, 6) is 6.13. The van der Waals surface area contributed by atoms with Crippen LogP contribution in [0.3, 0.4) is 0 Å². The maximum Gasteiger partial charge on any atom is 0.0678 e. The Hall–Kier alpha value is 0.932. The van der Waals surface area contributed by atoms with Crippen molar-refractivity contribution in [3.63, 3.8) is 0 Å². The first-order chi connectivity index (χ1) is 2.91. The molecule has 0 bridgehead atoms. The molecule has 0 aromatic carbocycles. The Labute approximate surface area is 66.9 Å². The van der Waals surface area contributed by atoms with Crippen LogP contribution in [-0.4, -0.2) is 20.3 Å². The van der Waals surface area contributed by atoms with E-state index < -0.39 is 0 Å². The van der Waals surface area contributed by atoms with Gasteiger partial charge in [0, 0.05) is 44.8 Å². The molecule has 0 spiro atoms. The topological polar surface area (TPSA) is 42.3 Å². The van der Waals surface area contributed by atoms with Gasteiger partial charge in [-0.2, -0.15) is 0 Å². The van der Waals surface area contributed by atoms with E-state index in [0.29, 0.717) is 13.2 Å². The molecule has 0 radical (unpaired) electrons. The molecule has 0 saturated heterocycles. The summed E-state index contributed by atoms with van der Waals surface area (Å²) in [6, 6.07) is 0. The number of rotatable bonds is 3. The maximum absolute atomic E-state index is 6.13. The number of hydrogen-bond donors (Lipinski definition) is 0. The predicted octanol–water partition coefficient (Wildman–Crippen LogP) is 0.617. The minimum atomic E-state index is 0. The first-order valence-corrected chi connectivity index (χ1v) is 1.69. The molecule has 0 amide bonds. The number of ether oxygens (including phenoxy) is 1. The standard InChI is InChI=1S/C3H8NO2.U/c1-5-2-3-6-4;/h4H,2-3H2,1H3;/q-1;. The zero-order chi connectivity index (χ0) is 4.83. The molecule has 7 heavy (non-hydrogen) atoms. The second-order valence-electron chi connectivity index (χ2n) is 0.841. The Morgan fingerprint density at radius 1 is 1.43 bits per heavy atom. The maximum atomic E-state index is 6.13. The van der Waals surface area contributed by atoms with E-state index in [2.05, 4.69) is 9.57 Å². The van der Waals surface area contributed by atoms with Gasteiger partial charge in [-0.15, -0.1) is 0 Å². The van der Waals surface area contributed by atoms with Crippen molar-refractivity contribution < 1.29 is 40.7 Å². The van der Waals surface area contributed by atoms with Crippen molar-refractivity contribution in [2.24, 2.45) is 0 Å². The molecule has 0 aromatic rings. The molecule has 1 N–H and O–H groups in total. The normalized spacial score (nSPS) is 7.71. The SMILES string of the molecule is COCCO[NH-].[U]. The van der Waals surface area contributed by atoms with Gasteiger partial charge >= 0.3 is 0 Å². The molecule has 0 atom stereocenters. The fraction of sp³-hybridized carbons (Fsp3) is 1.00. The first-order valence-electron chi connectivity index (χ1n) is 1.69. The average molecular weight is 328 g/mol. The van der Waals surface area contributed by atoms with Crippen molar-refractivity contribution in [2.45, 2.75) is 0 Å². The Balaban J connectivity index is 0. The van der Waals surface area contributed by atoms with Crippen molar-refractivity contribution in [2.75, 3.05) is 20.3 Å². The Bertz CT molecular complexity index is 24.9. The van der Waals surface area contributed by atoms with Crippen LogP contribution < -0.4 is 0 Å². The summed E-state index contributed by atoms with van der Waals surface area (Å²) in [4.78, 5) is 3.91. The summed E-state index contributed by atoms with van der Waals surface area (Å²) in [6.07, 6.45) is 0. The first kappa shape index (κ1) is 10.8. The van der Waals surface area contributed by atoms with Gasteiger partial charge in [0.1, 0.15) is 0 Å². The molecule has 42 valence electrons. The second-order valence-corrected chi connectivity index (χ2v) is 0.841. The molecule has 0 aromatic heterocycles. The summed E-state index contributed by atoms with van der Waals surface area (Å²) in [7, 11) is 1.57. The predicted molar refractivity (Wildman–Crippen MR) is 22.1 cm³/mol. The Kier molecular flexibility index (Phi) is 15.5. The van der Waals surface area contributed by atoms with Crippen LogP contribution >= 0.6 is 0 Å². The van der Waals surface area contributed by atoms with Gasteiger partial charge in [-0.25, -0.2) is 0 Å². The minimum Gasteiger partial charge on any atom is -0.549 e. The van der Waals surface area contributed by atoms with Gasteiger partial charge in [0.2, 0.25) is 0 Å². The van der Waals surface area contributed by atoms with E-state index >= 15 is 0 Å². The minimum absolute atomic E-state index is 0. The van der Waals surface area contributed by atoms with Crippen LogP contribution in [0, 0.1) is 31.1 Å². The summed E-state index contributed by atoms with van der Waals surface area (Å²) in [5.41, 5.74) is 0. The van der Waals surface area contributed by atoms with Crippen LogP contribution in [0.4, 0.5) is 0 Å². The third-order valence-electron chi connectivity index (χ3n) is 0.390. The third kappa shape index (κ3) is 10.9. The van der Waals surface area contributed by atoms with Crippen LogP contribution in [-0.2, 0) is 9.57 Å². The monoisotopic (exact) mass is 328 g/mol. The number of methoxy groups -OCH3 is 1. The van der Waals surface area contributed by atoms with Gasteiger partial charge < -0.3 is 15.5 Å². The molecule has 0 saturated carbocycles. The molecular weight excluding hydrogens is 320 g/mol. The molecule has 0 aliphatic heterocycles. The Morgan fingerprint density at radius 3 is 2.14 bits per heavy atom. The summed E-state index contributed by atoms with van der Waals surface area (Å²) in [6.45, 7) is 0.861. The third-order valence-corrected chi connectivity index (χ3v) is 0.390. The van der Waals surface area contributed by atoms with E-state index in [9.17, 15) is 0 Å². The zero-order valence-electron chi connectivity index (χ0n) is 4.23. The summed E-state index contributed by atoms with van der Waals surface area (Å²) in [5, 5.41) is 0. The van der Waals surface area contributed by atoms with Crippen LogP contribution in [0.1, 0.15) is 0 Å². The van der Waals surface area contributed by atoms with Crippen molar-refractivity contribution >= 4 is 0 Å². The quantitative estimate of drug-likeness (QED) is 0.563. The van der Waals surface area contributed by atoms with Crippen LogP contribution in [0.15, 0.2) is 0 Å². The van der Waals surface area contributed by atoms with E-state index in [1.54, 1.807) is 7.11 Å². The summed E-state index contributed by atoms with van der Waals surface area (Å²) < 4.78 is 4.54. The van der Waals surface area contributed by atoms with Crippen molar-refractivity contribution in [1.82, 2.24) is 0 Å². The largest absolute Gasteiger partial charge is 0.549 e.